The third-order valence-corrected chi connectivity index (χ3v) is 7.72. The lowest BCUT2D eigenvalue weighted by molar-refractivity contribution is -0.137. The molecule has 35 heavy (non-hydrogen) atoms. The van der Waals surface area contributed by atoms with Crippen LogP contribution >= 0.6 is 0 Å². The van der Waals surface area contributed by atoms with E-state index in [1.165, 1.54) is 12.1 Å². The Balaban J connectivity index is 1.85. The van der Waals surface area contributed by atoms with Crippen molar-refractivity contribution in [3.63, 3.8) is 0 Å². The maximum Gasteiger partial charge on any atom is 0.416 e. The van der Waals surface area contributed by atoms with Crippen LogP contribution in [0, 0.1) is 17.3 Å². The molecule has 1 fully saturated rings. The molecule has 0 amide bonds. The number of dihydropyridines is 1. The zero-order valence-corrected chi connectivity index (χ0v) is 20.8. The van der Waals surface area contributed by atoms with Crippen molar-refractivity contribution in [2.24, 2.45) is 17.3 Å². The minimum atomic E-state index is -4.48. The van der Waals surface area contributed by atoms with Gasteiger partial charge in [0.25, 0.3) is 0 Å². The number of Topliss-reactive ketones (excluding diaryl/α,β-unsaturated/α-hetero) is 2. The molecule has 0 spiro atoms. The van der Waals surface area contributed by atoms with Crippen LogP contribution in [0.2, 0.25) is 0 Å². The van der Waals surface area contributed by atoms with E-state index in [1.807, 2.05) is 6.92 Å². The fourth-order valence-corrected chi connectivity index (χ4v) is 5.96. The van der Waals surface area contributed by atoms with E-state index >= 15 is 0 Å². The van der Waals surface area contributed by atoms with Crippen molar-refractivity contribution in [2.75, 3.05) is 7.11 Å². The van der Waals surface area contributed by atoms with Gasteiger partial charge in [-0.25, -0.2) is 0 Å². The first kappa shape index (κ1) is 25.7. The van der Waals surface area contributed by atoms with Crippen molar-refractivity contribution < 1.29 is 27.5 Å². The Morgan fingerprint density at radius 3 is 2.29 bits per heavy atom. The summed E-state index contributed by atoms with van der Waals surface area (Å²) in [7, 11) is 1.56. The minimum Gasteiger partial charge on any atom is -0.376 e. The molecule has 7 heteroatoms. The van der Waals surface area contributed by atoms with Crippen LogP contribution in [0.15, 0.2) is 46.8 Å². The molecule has 0 aromatic heterocycles. The Bertz CT molecular complexity index is 1060. The Labute approximate surface area is 205 Å². The number of benzene rings is 1. The van der Waals surface area contributed by atoms with Crippen molar-refractivity contribution >= 4 is 11.6 Å². The number of ketones is 2. The van der Waals surface area contributed by atoms with Gasteiger partial charge in [-0.15, -0.1) is 0 Å². The molecular weight excluding hydrogens is 455 g/mol. The van der Waals surface area contributed by atoms with E-state index in [0.29, 0.717) is 29.7 Å². The smallest absolute Gasteiger partial charge is 0.376 e. The molecule has 1 aromatic rings. The summed E-state index contributed by atoms with van der Waals surface area (Å²) in [4.78, 5) is 27.5. The van der Waals surface area contributed by atoms with E-state index in [9.17, 15) is 22.8 Å². The second-order valence-electron chi connectivity index (χ2n) is 10.9. The van der Waals surface area contributed by atoms with E-state index in [0.717, 1.165) is 49.9 Å². The Morgan fingerprint density at radius 1 is 1.09 bits per heavy atom. The second kappa shape index (κ2) is 9.57. The van der Waals surface area contributed by atoms with E-state index in [-0.39, 0.29) is 34.4 Å². The normalized spacial score (nSPS) is 24.2. The first-order valence-corrected chi connectivity index (χ1v) is 12.4. The Morgan fingerprint density at radius 2 is 1.71 bits per heavy atom. The van der Waals surface area contributed by atoms with E-state index in [4.69, 9.17) is 4.74 Å². The molecule has 1 saturated carbocycles. The molecule has 190 valence electrons. The van der Waals surface area contributed by atoms with E-state index < -0.39 is 17.8 Å². The summed E-state index contributed by atoms with van der Waals surface area (Å²) in [5, 5.41) is 3.41. The summed E-state index contributed by atoms with van der Waals surface area (Å²) >= 11 is 0. The predicted molar refractivity (Wildman–Crippen MR) is 128 cm³/mol. The van der Waals surface area contributed by atoms with Crippen LogP contribution in [0.5, 0.6) is 0 Å². The van der Waals surface area contributed by atoms with Crippen molar-refractivity contribution in [1.29, 1.82) is 0 Å². The van der Waals surface area contributed by atoms with E-state index in [2.05, 4.69) is 19.2 Å². The van der Waals surface area contributed by atoms with Crippen LogP contribution in [0.1, 0.15) is 81.6 Å². The van der Waals surface area contributed by atoms with Crippen molar-refractivity contribution in [2.45, 2.75) is 78.0 Å². The van der Waals surface area contributed by atoms with Gasteiger partial charge in [0.1, 0.15) is 0 Å². The number of ether oxygens (including phenoxy) is 1. The highest BCUT2D eigenvalue weighted by Gasteiger charge is 2.46. The molecule has 1 N–H and O–H groups in total. The Hall–Kier alpha value is -2.41. The number of carbonyl (C=O) groups excluding carboxylic acids is 2. The number of halogens is 3. The monoisotopic (exact) mass is 489 g/mol. The van der Waals surface area contributed by atoms with Gasteiger partial charge in [0.2, 0.25) is 0 Å². The molecule has 2 aliphatic carbocycles. The second-order valence-corrected chi connectivity index (χ2v) is 10.9. The van der Waals surface area contributed by atoms with Gasteiger partial charge in [0.15, 0.2) is 11.6 Å². The summed E-state index contributed by atoms with van der Waals surface area (Å²) in [6.07, 6.45) is 1.21. The number of allylic oxidation sites excluding steroid dienone is 3. The lowest BCUT2D eigenvalue weighted by Crippen LogP contribution is -2.44. The Kier molecular flexibility index (Phi) is 7.02. The first-order valence-electron chi connectivity index (χ1n) is 12.4. The first-order chi connectivity index (χ1) is 16.4. The molecule has 1 heterocycles. The zero-order chi connectivity index (χ0) is 25.5. The number of carbonyl (C=O) groups is 2. The van der Waals surface area contributed by atoms with E-state index in [1.54, 1.807) is 7.11 Å². The standard InChI is InChI=1S/C28H34F3NO3/c1-16(35-4)25-24(26(34)18-10-12-19(13-11-18)28(29,30)31)22(17-8-6-5-7-9-17)23-20(32-25)14-27(2,3)15-21(23)33/h10-13,16-17,22,32H,5-9,14-15H2,1-4H3. The average molecular weight is 490 g/mol. The van der Waals surface area contributed by atoms with Gasteiger partial charge < -0.3 is 10.1 Å². The highest BCUT2D eigenvalue weighted by Crippen LogP contribution is 2.49. The predicted octanol–water partition coefficient (Wildman–Crippen LogP) is 6.62. The highest BCUT2D eigenvalue weighted by atomic mass is 19.4. The van der Waals surface area contributed by atoms with Crippen molar-refractivity contribution in [3.8, 4) is 0 Å². The van der Waals surface area contributed by atoms with Gasteiger partial charge in [-0.1, -0.05) is 45.2 Å². The van der Waals surface area contributed by atoms with Crippen LogP contribution in [-0.4, -0.2) is 24.8 Å². The number of alkyl halides is 3. The maximum absolute atomic E-state index is 14.0. The van der Waals surface area contributed by atoms with Crippen LogP contribution in [0.4, 0.5) is 13.2 Å². The molecule has 0 bridgehead atoms. The maximum atomic E-state index is 14.0. The van der Waals surface area contributed by atoms with Gasteiger partial charge in [0, 0.05) is 41.9 Å². The van der Waals surface area contributed by atoms with Gasteiger partial charge in [-0.2, -0.15) is 13.2 Å². The largest absolute Gasteiger partial charge is 0.416 e. The molecule has 1 aromatic carbocycles. The molecule has 4 rings (SSSR count). The third kappa shape index (κ3) is 5.11. The molecule has 4 nitrogen and oxygen atoms in total. The lowest BCUT2D eigenvalue weighted by Gasteiger charge is -2.44. The number of rotatable bonds is 5. The van der Waals surface area contributed by atoms with Gasteiger partial charge >= 0.3 is 6.18 Å². The fraction of sp³-hybridized carbons (Fsp3) is 0.571. The van der Waals surface area contributed by atoms with Gasteiger partial charge in [-0.05, 0) is 49.7 Å². The number of methoxy groups -OCH3 is 1. The van der Waals surface area contributed by atoms with Crippen LogP contribution in [0.25, 0.3) is 0 Å². The lowest BCUT2D eigenvalue weighted by atomic mass is 9.63. The minimum absolute atomic E-state index is 0.0566. The number of hydrogen-bond donors (Lipinski definition) is 1. The molecule has 2 unspecified atom stereocenters. The van der Waals surface area contributed by atoms with Crippen molar-refractivity contribution in [1.82, 2.24) is 5.32 Å². The highest BCUT2D eigenvalue weighted by molar-refractivity contribution is 6.12. The molecule has 1 aliphatic heterocycles. The molecule has 0 radical (unpaired) electrons. The summed E-state index contributed by atoms with van der Waals surface area (Å²) in [5.41, 5.74) is 1.84. The molecule has 2 atom stereocenters. The summed E-state index contributed by atoms with van der Waals surface area (Å²) in [5.74, 6) is -0.531. The summed E-state index contributed by atoms with van der Waals surface area (Å²) < 4.78 is 45.0. The third-order valence-electron chi connectivity index (χ3n) is 7.72. The molecular formula is C28H34F3NO3. The molecule has 3 aliphatic rings. The SMILES string of the molecule is COC(C)C1=C(C(=O)c2ccc(C(F)(F)F)cc2)C(C2CCCCC2)C2=C(CC(C)(C)CC2=O)N1. The summed E-state index contributed by atoms with van der Waals surface area (Å²) in [6, 6.07) is 4.36. The van der Waals surface area contributed by atoms with Gasteiger partial charge in [-0.3, -0.25) is 9.59 Å². The van der Waals surface area contributed by atoms with Crippen LogP contribution in [0.3, 0.4) is 0 Å². The summed E-state index contributed by atoms with van der Waals surface area (Å²) in [6.45, 7) is 5.98. The fourth-order valence-electron chi connectivity index (χ4n) is 5.96. The zero-order valence-electron chi connectivity index (χ0n) is 20.8. The number of nitrogens with one attached hydrogen (secondary N) is 1. The van der Waals surface area contributed by atoms with Crippen LogP contribution < -0.4 is 5.32 Å². The molecule has 0 saturated heterocycles. The van der Waals surface area contributed by atoms with Crippen molar-refractivity contribution in [3.05, 3.63) is 57.9 Å². The van der Waals surface area contributed by atoms with Gasteiger partial charge in [0.05, 0.1) is 17.4 Å². The quantitative estimate of drug-likeness (QED) is 0.472. The van der Waals surface area contributed by atoms with Crippen LogP contribution in [-0.2, 0) is 15.7 Å². The topological polar surface area (TPSA) is 55.4 Å². The number of hydrogen-bond acceptors (Lipinski definition) is 4. The average Bonchev–Trinajstić information content (AvgIpc) is 2.81.